The van der Waals surface area contributed by atoms with Crippen LogP contribution in [0.5, 0.6) is 0 Å². The lowest BCUT2D eigenvalue weighted by Crippen LogP contribution is -2.48. The number of amides is 2. The van der Waals surface area contributed by atoms with Gasteiger partial charge in [0.05, 0.1) is 19.3 Å². The minimum Gasteiger partial charge on any atom is -0.463 e. The maximum atomic E-state index is 13.3. The van der Waals surface area contributed by atoms with Gasteiger partial charge in [-0.05, 0) is 43.3 Å². The van der Waals surface area contributed by atoms with Crippen molar-refractivity contribution < 1.29 is 27.2 Å². The van der Waals surface area contributed by atoms with Crippen LogP contribution in [0.4, 0.5) is 16.3 Å². The van der Waals surface area contributed by atoms with E-state index in [0.29, 0.717) is 9.99 Å². The van der Waals surface area contributed by atoms with E-state index in [-0.39, 0.29) is 22.2 Å². The lowest BCUT2D eigenvalue weighted by Gasteiger charge is -2.34. The summed E-state index contributed by atoms with van der Waals surface area (Å²) in [5.74, 6) is -0.655. The van der Waals surface area contributed by atoms with Gasteiger partial charge in [-0.1, -0.05) is 17.7 Å². The van der Waals surface area contributed by atoms with Crippen molar-refractivity contribution >= 4 is 33.5 Å². The Bertz CT molecular complexity index is 1230. The molecule has 0 radical (unpaired) electrons. The van der Waals surface area contributed by atoms with Crippen LogP contribution in [-0.4, -0.2) is 36.8 Å². The molecule has 0 N–H and O–H groups in total. The summed E-state index contributed by atoms with van der Waals surface area (Å²) < 4.78 is 36.9. The zero-order chi connectivity index (χ0) is 21.5. The molecule has 1 aromatic carbocycles. The molecule has 0 saturated carbocycles. The molecule has 0 fully saturated rings. The number of aromatic nitrogens is 1. The van der Waals surface area contributed by atoms with Crippen molar-refractivity contribution in [3.8, 4) is 0 Å². The van der Waals surface area contributed by atoms with Crippen molar-refractivity contribution in [1.29, 1.82) is 0 Å². The van der Waals surface area contributed by atoms with Gasteiger partial charge < -0.3 is 9.15 Å². The van der Waals surface area contributed by atoms with Crippen LogP contribution in [0, 0.1) is 6.92 Å². The van der Waals surface area contributed by atoms with E-state index in [0.717, 1.165) is 5.56 Å². The average molecular weight is 427 g/mol. The van der Waals surface area contributed by atoms with Crippen LogP contribution in [0.25, 0.3) is 0 Å². The highest BCUT2D eigenvalue weighted by molar-refractivity contribution is 7.90. The van der Waals surface area contributed by atoms with Crippen molar-refractivity contribution in [2.75, 3.05) is 12.0 Å². The van der Waals surface area contributed by atoms with E-state index >= 15 is 0 Å². The SMILES string of the molecule is COC(=O)c1ccc(CN2C(=O)N(c3ccc(C)cc3)c3ncccc3S2(=O)=O)o1. The lowest BCUT2D eigenvalue weighted by atomic mass is 10.2. The number of hydrogen-bond donors (Lipinski definition) is 0. The molecule has 3 heterocycles. The molecule has 1 aliphatic heterocycles. The number of hydrogen-bond acceptors (Lipinski definition) is 7. The maximum Gasteiger partial charge on any atom is 0.373 e. The summed E-state index contributed by atoms with van der Waals surface area (Å²) in [6.45, 7) is 1.51. The van der Waals surface area contributed by atoms with E-state index in [1.165, 1.54) is 42.5 Å². The average Bonchev–Trinajstić information content (AvgIpc) is 3.21. The maximum absolute atomic E-state index is 13.3. The minimum absolute atomic E-state index is 0.0253. The van der Waals surface area contributed by atoms with Crippen LogP contribution in [0.3, 0.4) is 0 Å². The number of aryl methyl sites for hydroxylation is 1. The van der Waals surface area contributed by atoms with E-state index in [2.05, 4.69) is 9.72 Å². The molecule has 2 aromatic heterocycles. The predicted molar refractivity (Wildman–Crippen MR) is 106 cm³/mol. The second kappa shape index (κ2) is 7.30. The molecule has 1 aliphatic rings. The monoisotopic (exact) mass is 427 g/mol. The molecule has 0 unspecified atom stereocenters. The number of carbonyl (C=O) groups is 2. The highest BCUT2D eigenvalue weighted by atomic mass is 32.2. The van der Waals surface area contributed by atoms with Crippen LogP contribution in [-0.2, 0) is 21.3 Å². The predicted octanol–water partition coefficient (Wildman–Crippen LogP) is 3.23. The Labute approximate surface area is 172 Å². The second-order valence-corrected chi connectivity index (χ2v) is 8.38. The highest BCUT2D eigenvalue weighted by Gasteiger charge is 2.43. The summed E-state index contributed by atoms with van der Waals surface area (Å²) >= 11 is 0. The summed E-state index contributed by atoms with van der Waals surface area (Å²) in [6, 6.07) is 11.9. The van der Waals surface area contributed by atoms with Gasteiger partial charge in [0, 0.05) is 6.20 Å². The fourth-order valence-corrected chi connectivity index (χ4v) is 4.52. The number of ether oxygens (including phenoxy) is 1. The molecule has 0 atom stereocenters. The Hall–Kier alpha value is -3.66. The fraction of sp³-hybridized carbons (Fsp3) is 0.150. The van der Waals surface area contributed by atoms with Gasteiger partial charge in [-0.25, -0.2) is 32.2 Å². The van der Waals surface area contributed by atoms with Gasteiger partial charge in [-0.2, -0.15) is 0 Å². The van der Waals surface area contributed by atoms with Crippen molar-refractivity contribution in [3.05, 3.63) is 71.8 Å². The number of nitrogens with zero attached hydrogens (tertiary/aromatic N) is 3. The van der Waals surface area contributed by atoms with Crippen LogP contribution >= 0.6 is 0 Å². The van der Waals surface area contributed by atoms with Crippen molar-refractivity contribution in [1.82, 2.24) is 9.29 Å². The van der Waals surface area contributed by atoms with E-state index in [1.54, 1.807) is 12.1 Å². The van der Waals surface area contributed by atoms with Gasteiger partial charge in [0.1, 0.15) is 10.7 Å². The number of benzene rings is 1. The summed E-state index contributed by atoms with van der Waals surface area (Å²) in [6.07, 6.45) is 1.42. The molecule has 0 aliphatic carbocycles. The highest BCUT2D eigenvalue weighted by Crippen LogP contribution is 2.38. The van der Waals surface area contributed by atoms with Crippen molar-refractivity contribution in [2.45, 2.75) is 18.4 Å². The number of fused-ring (bicyclic) bond motifs is 1. The molecule has 9 nitrogen and oxygen atoms in total. The molecule has 0 saturated heterocycles. The molecule has 2 amide bonds. The first-order valence-corrected chi connectivity index (χ1v) is 10.3. The normalized spacial score (nSPS) is 15.1. The summed E-state index contributed by atoms with van der Waals surface area (Å²) in [5, 5.41) is 0. The number of rotatable bonds is 4. The van der Waals surface area contributed by atoms with E-state index in [1.807, 2.05) is 19.1 Å². The Morgan fingerprint density at radius 2 is 1.87 bits per heavy atom. The number of sulfonamides is 1. The van der Waals surface area contributed by atoms with Gasteiger partial charge in [-0.15, -0.1) is 0 Å². The smallest absolute Gasteiger partial charge is 0.373 e. The number of urea groups is 1. The van der Waals surface area contributed by atoms with Crippen LogP contribution in [0.1, 0.15) is 21.9 Å². The molecule has 4 rings (SSSR count). The lowest BCUT2D eigenvalue weighted by molar-refractivity contribution is 0.0562. The fourth-order valence-electron chi connectivity index (χ4n) is 3.07. The van der Waals surface area contributed by atoms with Gasteiger partial charge in [0.25, 0.3) is 10.0 Å². The van der Waals surface area contributed by atoms with Crippen molar-refractivity contribution in [3.63, 3.8) is 0 Å². The quantitative estimate of drug-likeness (QED) is 0.588. The number of methoxy groups -OCH3 is 1. The Morgan fingerprint density at radius 3 is 2.57 bits per heavy atom. The third-order valence-electron chi connectivity index (χ3n) is 4.58. The van der Waals surface area contributed by atoms with E-state index < -0.39 is 28.6 Å². The topological polar surface area (TPSA) is 110 Å². The number of anilines is 2. The van der Waals surface area contributed by atoms with Crippen LogP contribution in [0.2, 0.25) is 0 Å². The number of carbonyl (C=O) groups excluding carboxylic acids is 2. The Morgan fingerprint density at radius 1 is 1.13 bits per heavy atom. The van der Waals surface area contributed by atoms with Crippen LogP contribution < -0.4 is 4.90 Å². The largest absolute Gasteiger partial charge is 0.463 e. The summed E-state index contributed by atoms with van der Waals surface area (Å²) in [4.78, 5) is 30.2. The molecular formula is C20H17N3O6S. The van der Waals surface area contributed by atoms with Crippen LogP contribution in [0.15, 0.2) is 64.0 Å². The molecule has 30 heavy (non-hydrogen) atoms. The van der Waals surface area contributed by atoms with E-state index in [9.17, 15) is 18.0 Å². The van der Waals surface area contributed by atoms with Gasteiger partial charge in [-0.3, -0.25) is 0 Å². The summed E-state index contributed by atoms with van der Waals surface area (Å²) in [5.41, 5.74) is 1.46. The Kier molecular flexibility index (Phi) is 4.78. The molecular weight excluding hydrogens is 410 g/mol. The number of esters is 1. The zero-order valence-electron chi connectivity index (χ0n) is 16.1. The van der Waals surface area contributed by atoms with E-state index in [4.69, 9.17) is 4.42 Å². The Balaban J connectivity index is 1.79. The molecule has 154 valence electrons. The number of pyridine rings is 1. The third kappa shape index (κ3) is 3.20. The minimum atomic E-state index is -4.19. The second-order valence-electron chi connectivity index (χ2n) is 6.55. The first kappa shape index (κ1) is 19.6. The molecule has 10 heteroatoms. The van der Waals surface area contributed by atoms with Gasteiger partial charge in [0.15, 0.2) is 5.82 Å². The molecule has 0 spiro atoms. The third-order valence-corrected chi connectivity index (χ3v) is 6.32. The number of furan rings is 1. The molecule has 0 bridgehead atoms. The van der Waals surface area contributed by atoms with Gasteiger partial charge >= 0.3 is 12.0 Å². The molecule has 3 aromatic rings. The first-order valence-electron chi connectivity index (χ1n) is 8.88. The zero-order valence-corrected chi connectivity index (χ0v) is 16.9. The van der Waals surface area contributed by atoms with Gasteiger partial charge in [0.2, 0.25) is 5.76 Å². The van der Waals surface area contributed by atoms with Crippen molar-refractivity contribution in [2.24, 2.45) is 0 Å². The standard InChI is InChI=1S/C20H17N3O6S/c1-13-5-7-14(8-6-13)23-18-17(4-3-11-21-18)30(26,27)22(20(23)25)12-15-9-10-16(29-15)19(24)28-2/h3-11H,12H2,1-2H3. The summed E-state index contributed by atoms with van der Waals surface area (Å²) in [7, 11) is -2.99. The first-order chi connectivity index (χ1) is 14.3.